The quantitative estimate of drug-likeness (QED) is 0.276. The number of hydrogen-bond donors (Lipinski definition) is 0. The van der Waals surface area contributed by atoms with Crippen molar-refractivity contribution in [3.63, 3.8) is 0 Å². The van der Waals surface area contributed by atoms with E-state index in [1.54, 1.807) is 13.8 Å². The molecule has 0 N–H and O–H groups in total. The SMILES string of the molecule is Cc1ccc([N+](=O)[O-])cc1-n1c(=O)c2cc3c(=O)n(-c4cc([N+](=O)[O-])ccc4C)c(=O)c3cc2c1=O. The van der Waals surface area contributed by atoms with Crippen LogP contribution in [0.15, 0.2) is 67.7 Å². The number of fused-ring (bicyclic) bond motifs is 2. The lowest BCUT2D eigenvalue weighted by atomic mass is 10.1. The van der Waals surface area contributed by atoms with Crippen molar-refractivity contribution in [2.24, 2.45) is 0 Å². The van der Waals surface area contributed by atoms with Gasteiger partial charge in [-0.2, -0.15) is 0 Å². The van der Waals surface area contributed by atoms with Crippen molar-refractivity contribution in [1.29, 1.82) is 0 Å². The number of hydrogen-bond acceptors (Lipinski definition) is 8. The summed E-state index contributed by atoms with van der Waals surface area (Å²) in [7, 11) is 0. The maximum atomic E-state index is 13.2. The van der Waals surface area contributed by atoms with Crippen LogP contribution in [0.4, 0.5) is 11.4 Å². The molecule has 0 radical (unpaired) electrons. The minimum Gasteiger partial charge on any atom is -0.268 e. The zero-order valence-electron chi connectivity index (χ0n) is 18.7. The van der Waals surface area contributed by atoms with Gasteiger partial charge in [0.15, 0.2) is 0 Å². The van der Waals surface area contributed by atoms with Gasteiger partial charge in [0.2, 0.25) is 0 Å². The molecule has 0 unspecified atom stereocenters. The van der Waals surface area contributed by atoms with Crippen molar-refractivity contribution in [2.45, 2.75) is 13.8 Å². The predicted octanol–water partition coefficient (Wildman–Crippen LogP) is 2.32. The lowest BCUT2D eigenvalue weighted by Gasteiger charge is -2.05. The highest BCUT2D eigenvalue weighted by Gasteiger charge is 2.23. The first-order chi connectivity index (χ1) is 17.0. The fraction of sp³-hybridized carbons (Fsp3) is 0.0833. The molecule has 3 aromatic carbocycles. The van der Waals surface area contributed by atoms with E-state index in [1.165, 1.54) is 24.3 Å². The number of aromatic nitrogens is 2. The van der Waals surface area contributed by atoms with Crippen LogP contribution in [0, 0.1) is 34.1 Å². The van der Waals surface area contributed by atoms with Crippen LogP contribution in [0.3, 0.4) is 0 Å². The van der Waals surface area contributed by atoms with Crippen molar-refractivity contribution in [1.82, 2.24) is 9.13 Å². The summed E-state index contributed by atoms with van der Waals surface area (Å²) >= 11 is 0. The third-order valence-corrected chi connectivity index (χ3v) is 6.18. The molecule has 0 aliphatic rings. The molecule has 0 spiro atoms. The first-order valence-electron chi connectivity index (χ1n) is 10.5. The van der Waals surface area contributed by atoms with Crippen molar-refractivity contribution >= 4 is 32.9 Å². The second-order valence-electron chi connectivity index (χ2n) is 8.29. The van der Waals surface area contributed by atoms with Crippen molar-refractivity contribution in [2.75, 3.05) is 0 Å². The molecule has 0 aliphatic heterocycles. The summed E-state index contributed by atoms with van der Waals surface area (Å²) in [5.74, 6) is 0. The number of aryl methyl sites for hydroxylation is 2. The second kappa shape index (κ2) is 7.63. The Hall–Kier alpha value is -5.26. The van der Waals surface area contributed by atoms with Gasteiger partial charge in [0.25, 0.3) is 33.6 Å². The van der Waals surface area contributed by atoms with Gasteiger partial charge in [-0.25, -0.2) is 9.13 Å². The van der Waals surface area contributed by atoms with Crippen molar-refractivity contribution in [3.8, 4) is 11.4 Å². The third kappa shape index (κ3) is 3.08. The molecule has 2 heterocycles. The van der Waals surface area contributed by atoms with Gasteiger partial charge in [0.05, 0.1) is 42.8 Å². The summed E-state index contributed by atoms with van der Waals surface area (Å²) in [6, 6.07) is 9.80. The molecule has 0 aliphatic carbocycles. The number of non-ortho nitro benzene ring substituents is 2. The van der Waals surface area contributed by atoms with Gasteiger partial charge in [0.1, 0.15) is 0 Å². The van der Waals surface area contributed by atoms with Crippen LogP contribution in [0.2, 0.25) is 0 Å². The Balaban J connectivity index is 1.83. The van der Waals surface area contributed by atoms with Crippen LogP contribution in [-0.4, -0.2) is 19.0 Å². The van der Waals surface area contributed by atoms with Gasteiger partial charge >= 0.3 is 0 Å². The molecule has 36 heavy (non-hydrogen) atoms. The second-order valence-corrected chi connectivity index (χ2v) is 8.29. The molecule has 5 rings (SSSR count). The van der Waals surface area contributed by atoms with Crippen molar-refractivity contribution in [3.05, 3.63) is 121 Å². The summed E-state index contributed by atoms with van der Waals surface area (Å²) in [5, 5.41) is 21.9. The summed E-state index contributed by atoms with van der Waals surface area (Å²) in [6.45, 7) is 3.16. The Labute approximate surface area is 198 Å². The van der Waals surface area contributed by atoms with E-state index >= 15 is 0 Å². The zero-order chi connectivity index (χ0) is 26.0. The lowest BCUT2D eigenvalue weighted by molar-refractivity contribution is -0.385. The molecule has 12 nitrogen and oxygen atoms in total. The van der Waals surface area contributed by atoms with E-state index in [0.29, 0.717) is 11.1 Å². The highest BCUT2D eigenvalue weighted by molar-refractivity contribution is 5.98. The molecule has 0 amide bonds. The molecule has 0 bridgehead atoms. The monoisotopic (exact) mass is 486 g/mol. The molecular formula is C24H14N4O8. The highest BCUT2D eigenvalue weighted by Crippen LogP contribution is 2.23. The lowest BCUT2D eigenvalue weighted by Crippen LogP contribution is -2.25. The first-order valence-corrected chi connectivity index (χ1v) is 10.5. The fourth-order valence-electron chi connectivity index (χ4n) is 4.32. The largest absolute Gasteiger partial charge is 0.271 e. The summed E-state index contributed by atoms with van der Waals surface area (Å²) < 4.78 is 1.55. The van der Waals surface area contributed by atoms with Gasteiger partial charge in [-0.3, -0.25) is 39.4 Å². The van der Waals surface area contributed by atoms with E-state index in [0.717, 1.165) is 33.4 Å². The smallest absolute Gasteiger partial charge is 0.268 e. The number of rotatable bonds is 4. The molecule has 2 aromatic heterocycles. The molecule has 0 fully saturated rings. The molecule has 178 valence electrons. The van der Waals surface area contributed by atoms with Crippen LogP contribution in [-0.2, 0) is 0 Å². The normalized spacial score (nSPS) is 11.4. The van der Waals surface area contributed by atoms with Gasteiger partial charge in [0, 0.05) is 24.3 Å². The molecule has 5 aromatic rings. The van der Waals surface area contributed by atoms with Gasteiger partial charge < -0.3 is 0 Å². The van der Waals surface area contributed by atoms with E-state index in [4.69, 9.17) is 0 Å². The molecular weight excluding hydrogens is 472 g/mol. The average Bonchev–Trinajstić information content (AvgIpc) is 3.22. The number of benzene rings is 3. The van der Waals surface area contributed by atoms with Crippen LogP contribution in [0.5, 0.6) is 0 Å². The number of nitrogens with zero attached hydrogens (tertiary/aromatic N) is 4. The van der Waals surface area contributed by atoms with Crippen molar-refractivity contribution < 1.29 is 9.85 Å². The zero-order valence-corrected chi connectivity index (χ0v) is 18.7. The Bertz CT molecular complexity index is 1790. The standard InChI is InChI=1S/C24H14N4O8/c1-11-3-5-13(27(33)34)7-19(11)25-21(29)15-9-17-18(10-16(15)22(25)30)24(32)26(23(17)31)20-8-14(28(35)36)6-4-12(20)2/h3-10H,1-2H3. The molecule has 0 atom stereocenters. The Kier molecular flexibility index (Phi) is 4.77. The van der Waals surface area contributed by atoms with Gasteiger partial charge in [-0.15, -0.1) is 0 Å². The number of nitro benzene ring substituents is 2. The minimum absolute atomic E-state index is 0.0158. The molecule has 0 saturated carbocycles. The van der Waals surface area contributed by atoms with Crippen LogP contribution in [0.25, 0.3) is 32.9 Å². The Morgan fingerprint density at radius 2 is 0.861 bits per heavy atom. The molecule has 0 saturated heterocycles. The predicted molar refractivity (Wildman–Crippen MR) is 130 cm³/mol. The highest BCUT2D eigenvalue weighted by atomic mass is 16.6. The van der Waals surface area contributed by atoms with Crippen LogP contribution < -0.4 is 22.2 Å². The average molecular weight is 486 g/mol. The number of nitro groups is 2. The summed E-state index contributed by atoms with van der Waals surface area (Å²) in [6.07, 6.45) is 0. The van der Waals surface area contributed by atoms with Crippen LogP contribution >= 0.6 is 0 Å². The van der Waals surface area contributed by atoms with Gasteiger partial charge in [-0.1, -0.05) is 12.1 Å². The van der Waals surface area contributed by atoms with E-state index in [9.17, 15) is 39.4 Å². The first kappa shape index (κ1) is 22.5. The maximum absolute atomic E-state index is 13.2. The van der Waals surface area contributed by atoms with Crippen LogP contribution in [0.1, 0.15) is 11.1 Å². The fourth-order valence-corrected chi connectivity index (χ4v) is 4.32. The summed E-state index contributed by atoms with van der Waals surface area (Å²) in [4.78, 5) is 73.9. The van der Waals surface area contributed by atoms with E-state index in [1.807, 2.05) is 0 Å². The van der Waals surface area contributed by atoms with E-state index in [-0.39, 0.29) is 44.3 Å². The maximum Gasteiger partial charge on any atom is 0.271 e. The van der Waals surface area contributed by atoms with E-state index in [2.05, 4.69) is 0 Å². The Morgan fingerprint density at radius 1 is 0.556 bits per heavy atom. The topological polar surface area (TPSA) is 164 Å². The van der Waals surface area contributed by atoms with Gasteiger partial charge in [-0.05, 0) is 37.1 Å². The van der Waals surface area contributed by atoms with E-state index < -0.39 is 32.1 Å². The third-order valence-electron chi connectivity index (χ3n) is 6.18. The molecule has 12 heteroatoms. The minimum atomic E-state index is -0.799. The Morgan fingerprint density at radius 3 is 1.14 bits per heavy atom. The summed E-state index contributed by atoms with van der Waals surface area (Å²) in [5.41, 5.74) is -2.93.